The van der Waals surface area contributed by atoms with E-state index in [2.05, 4.69) is 15.5 Å². The van der Waals surface area contributed by atoms with Crippen LogP contribution in [0.3, 0.4) is 0 Å². The fourth-order valence-electron chi connectivity index (χ4n) is 2.39. The van der Waals surface area contributed by atoms with Gasteiger partial charge in [-0.2, -0.15) is 5.10 Å². The largest absolute Gasteiger partial charge is 0.282 e. The quantitative estimate of drug-likeness (QED) is 0.436. The highest BCUT2D eigenvalue weighted by molar-refractivity contribution is 6.13. The van der Waals surface area contributed by atoms with Crippen LogP contribution in [0.4, 0.5) is 5.69 Å². The number of nitrogens with zero attached hydrogens (tertiary/aromatic N) is 3. The molecule has 3 rings (SSSR count). The van der Waals surface area contributed by atoms with Crippen LogP contribution >= 0.6 is 0 Å². The van der Waals surface area contributed by atoms with Gasteiger partial charge in [0.2, 0.25) is 0 Å². The highest BCUT2D eigenvalue weighted by Gasteiger charge is 2.19. The lowest BCUT2D eigenvalue weighted by molar-refractivity contribution is -0.385. The van der Waals surface area contributed by atoms with Crippen molar-refractivity contribution in [3.05, 3.63) is 106 Å². The summed E-state index contributed by atoms with van der Waals surface area (Å²) in [5, 5.41) is 15.3. The number of nitrogens with one attached hydrogen (secondary N) is 1. The number of carbonyl (C=O) groups excluding carboxylic acids is 1. The summed E-state index contributed by atoms with van der Waals surface area (Å²) in [4.78, 5) is 26.9. The number of carbonyl (C=O) groups is 1. The molecule has 0 saturated heterocycles. The van der Waals surface area contributed by atoms with Crippen LogP contribution in [0, 0.1) is 10.1 Å². The summed E-state index contributed by atoms with van der Waals surface area (Å²) in [6, 6.07) is 18.6. The first-order valence-corrected chi connectivity index (χ1v) is 7.74. The fourth-order valence-corrected chi connectivity index (χ4v) is 2.39. The number of nitro benzene ring substituents is 1. The number of aromatic nitrogens is 1. The minimum Gasteiger partial charge on any atom is -0.267 e. The van der Waals surface area contributed by atoms with Crippen molar-refractivity contribution in [3.63, 3.8) is 0 Å². The van der Waals surface area contributed by atoms with E-state index >= 15 is 0 Å². The minimum atomic E-state index is -0.653. The van der Waals surface area contributed by atoms with Gasteiger partial charge in [-0.05, 0) is 18.2 Å². The maximum absolute atomic E-state index is 12.4. The van der Waals surface area contributed by atoms with Crippen molar-refractivity contribution < 1.29 is 9.72 Å². The maximum atomic E-state index is 12.4. The van der Waals surface area contributed by atoms with Crippen molar-refractivity contribution in [2.45, 2.75) is 0 Å². The van der Waals surface area contributed by atoms with E-state index < -0.39 is 10.8 Å². The van der Waals surface area contributed by atoms with E-state index in [-0.39, 0.29) is 11.3 Å². The van der Waals surface area contributed by atoms with Crippen LogP contribution in [0.1, 0.15) is 21.5 Å². The van der Waals surface area contributed by atoms with Crippen LogP contribution < -0.4 is 5.43 Å². The predicted molar refractivity (Wildman–Crippen MR) is 96.9 cm³/mol. The van der Waals surface area contributed by atoms with Crippen molar-refractivity contribution in [1.82, 2.24) is 10.4 Å². The molecular weight excluding hydrogens is 332 g/mol. The molecule has 128 valence electrons. The van der Waals surface area contributed by atoms with Gasteiger partial charge in [0.25, 0.3) is 11.6 Å². The SMILES string of the molecule is O=C(NN=C(c1ccccc1)c1ccncc1)c1ccccc1[N+](=O)[O-]. The first-order valence-electron chi connectivity index (χ1n) is 7.74. The van der Waals surface area contributed by atoms with Crippen LogP contribution in [0.25, 0.3) is 0 Å². The van der Waals surface area contributed by atoms with Gasteiger partial charge in [-0.15, -0.1) is 0 Å². The van der Waals surface area contributed by atoms with Crippen LogP contribution in [-0.4, -0.2) is 21.5 Å². The molecule has 0 fully saturated rings. The smallest absolute Gasteiger partial charge is 0.267 e. The third-order valence-electron chi connectivity index (χ3n) is 3.62. The molecule has 0 atom stereocenters. The number of nitro groups is 1. The monoisotopic (exact) mass is 346 g/mol. The summed E-state index contributed by atoms with van der Waals surface area (Å²) in [6.45, 7) is 0. The van der Waals surface area contributed by atoms with E-state index in [1.807, 2.05) is 30.3 Å². The van der Waals surface area contributed by atoms with E-state index in [1.54, 1.807) is 30.6 Å². The Morgan fingerprint density at radius 1 is 0.923 bits per heavy atom. The normalized spacial score (nSPS) is 11.0. The summed E-state index contributed by atoms with van der Waals surface area (Å²) < 4.78 is 0. The molecule has 1 amide bonds. The molecule has 1 N–H and O–H groups in total. The molecular formula is C19H14N4O3. The summed E-state index contributed by atoms with van der Waals surface area (Å²) in [6.07, 6.45) is 3.25. The molecule has 26 heavy (non-hydrogen) atoms. The van der Waals surface area contributed by atoms with Crippen LogP contribution in [-0.2, 0) is 0 Å². The highest BCUT2D eigenvalue weighted by atomic mass is 16.6. The molecule has 7 heteroatoms. The molecule has 1 aromatic heterocycles. The van der Waals surface area contributed by atoms with Crippen molar-refractivity contribution in [2.75, 3.05) is 0 Å². The number of hydrogen-bond donors (Lipinski definition) is 1. The van der Waals surface area contributed by atoms with E-state index in [9.17, 15) is 14.9 Å². The molecule has 0 spiro atoms. The highest BCUT2D eigenvalue weighted by Crippen LogP contribution is 2.17. The Morgan fingerprint density at radius 3 is 2.23 bits per heavy atom. The van der Waals surface area contributed by atoms with Gasteiger partial charge in [-0.25, -0.2) is 5.43 Å². The average Bonchev–Trinajstić information content (AvgIpc) is 2.69. The number of pyridine rings is 1. The number of hydrazone groups is 1. The van der Waals surface area contributed by atoms with Gasteiger partial charge < -0.3 is 0 Å². The van der Waals surface area contributed by atoms with Gasteiger partial charge in [0.1, 0.15) is 5.56 Å². The van der Waals surface area contributed by atoms with E-state index in [4.69, 9.17) is 0 Å². The van der Waals surface area contributed by atoms with Gasteiger partial charge in [0.15, 0.2) is 0 Å². The zero-order chi connectivity index (χ0) is 18.4. The standard InChI is InChI=1S/C19H14N4O3/c24-19(16-8-4-5-9-17(16)23(25)26)22-21-18(14-6-2-1-3-7-14)15-10-12-20-13-11-15/h1-13H,(H,22,24). The van der Waals surface area contributed by atoms with Gasteiger partial charge >= 0.3 is 0 Å². The first-order chi connectivity index (χ1) is 12.7. The summed E-state index contributed by atoms with van der Waals surface area (Å²) >= 11 is 0. The Labute approximate surface area is 149 Å². The fraction of sp³-hybridized carbons (Fsp3) is 0. The molecule has 0 unspecified atom stereocenters. The van der Waals surface area contributed by atoms with Crippen LogP contribution in [0.5, 0.6) is 0 Å². The van der Waals surface area contributed by atoms with E-state index in [1.165, 1.54) is 18.2 Å². The molecule has 0 aliphatic rings. The van der Waals surface area contributed by atoms with Crippen LogP contribution in [0.2, 0.25) is 0 Å². The van der Waals surface area contributed by atoms with Gasteiger partial charge in [-0.3, -0.25) is 19.9 Å². The number of hydrogen-bond acceptors (Lipinski definition) is 5. The summed E-state index contributed by atoms with van der Waals surface area (Å²) in [5.74, 6) is -0.653. The van der Waals surface area contributed by atoms with Gasteiger partial charge in [0, 0.05) is 29.6 Å². The zero-order valence-electron chi connectivity index (χ0n) is 13.6. The molecule has 7 nitrogen and oxygen atoms in total. The van der Waals surface area contributed by atoms with Crippen molar-refractivity contribution in [2.24, 2.45) is 5.10 Å². The average molecular weight is 346 g/mol. The Morgan fingerprint density at radius 2 is 1.54 bits per heavy atom. The maximum Gasteiger partial charge on any atom is 0.282 e. The Bertz CT molecular complexity index is 915. The van der Waals surface area contributed by atoms with Crippen LogP contribution in [0.15, 0.2) is 84.2 Å². The van der Waals surface area contributed by atoms with Crippen molar-refractivity contribution >= 4 is 17.3 Å². The molecule has 0 bridgehead atoms. The summed E-state index contributed by atoms with van der Waals surface area (Å²) in [5.41, 5.74) is 4.17. The van der Waals surface area contributed by atoms with Gasteiger partial charge in [0.05, 0.1) is 10.6 Å². The number of para-hydroxylation sites is 1. The van der Waals surface area contributed by atoms with Crippen molar-refractivity contribution in [1.29, 1.82) is 0 Å². The third kappa shape index (κ3) is 3.78. The molecule has 0 aliphatic heterocycles. The second-order valence-electron chi connectivity index (χ2n) is 5.28. The second kappa shape index (κ2) is 7.80. The molecule has 0 aliphatic carbocycles. The number of rotatable bonds is 5. The Balaban J connectivity index is 1.95. The predicted octanol–water partition coefficient (Wildman–Crippen LogP) is 3.17. The number of amides is 1. The van der Waals surface area contributed by atoms with Crippen molar-refractivity contribution in [3.8, 4) is 0 Å². The molecule has 0 saturated carbocycles. The topological polar surface area (TPSA) is 97.5 Å². The lowest BCUT2D eigenvalue weighted by Crippen LogP contribution is -2.21. The van der Waals surface area contributed by atoms with Gasteiger partial charge in [-0.1, -0.05) is 42.5 Å². The molecule has 3 aromatic rings. The van der Waals surface area contributed by atoms with E-state index in [0.717, 1.165) is 11.1 Å². The van der Waals surface area contributed by atoms with E-state index in [0.29, 0.717) is 5.71 Å². The number of benzene rings is 2. The zero-order valence-corrected chi connectivity index (χ0v) is 13.6. The lowest BCUT2D eigenvalue weighted by atomic mass is 10.0. The molecule has 2 aromatic carbocycles. The Hall–Kier alpha value is -3.87. The summed E-state index contributed by atoms with van der Waals surface area (Å²) in [7, 11) is 0. The second-order valence-corrected chi connectivity index (χ2v) is 5.28. The minimum absolute atomic E-state index is 0.0524. The molecule has 1 heterocycles. The lowest BCUT2D eigenvalue weighted by Gasteiger charge is -2.08. The Kier molecular flexibility index (Phi) is 5.09. The first kappa shape index (κ1) is 17.0. The third-order valence-corrected chi connectivity index (χ3v) is 3.62. The molecule has 0 radical (unpaired) electrons.